The van der Waals surface area contributed by atoms with Crippen LogP contribution in [0, 0.1) is 6.92 Å². The highest BCUT2D eigenvalue weighted by Gasteiger charge is 2.17. The van der Waals surface area contributed by atoms with Crippen molar-refractivity contribution in [3.8, 4) is 0 Å². The first-order valence-corrected chi connectivity index (χ1v) is 7.02. The van der Waals surface area contributed by atoms with Gasteiger partial charge >= 0.3 is 0 Å². The number of aryl methyl sites for hydroxylation is 3. The molecule has 0 aliphatic carbocycles. The molecule has 0 fully saturated rings. The molecule has 18 heavy (non-hydrogen) atoms. The monoisotopic (exact) mass is 282 g/mol. The number of halogens is 1. The number of thiophene rings is 1. The highest BCUT2D eigenvalue weighted by Crippen LogP contribution is 2.23. The van der Waals surface area contributed by atoms with Gasteiger partial charge in [-0.1, -0.05) is 18.5 Å². The number of carbonyl (C=O) groups excluding carboxylic acids is 1. The molecule has 0 aliphatic rings. The van der Waals surface area contributed by atoms with Gasteiger partial charge in [0.2, 0.25) is 0 Å². The van der Waals surface area contributed by atoms with E-state index in [-0.39, 0.29) is 5.78 Å². The number of ketones is 1. The summed E-state index contributed by atoms with van der Waals surface area (Å²) in [6.07, 6.45) is 1.28. The molecule has 0 N–H and O–H groups in total. The minimum absolute atomic E-state index is 0.109. The Morgan fingerprint density at radius 3 is 2.72 bits per heavy atom. The van der Waals surface area contributed by atoms with Crippen LogP contribution in [0.15, 0.2) is 12.1 Å². The topological polar surface area (TPSA) is 34.9 Å². The molecule has 2 aromatic heterocycles. The molecule has 0 aromatic carbocycles. The van der Waals surface area contributed by atoms with Gasteiger partial charge in [0.15, 0.2) is 5.78 Å². The molecule has 0 radical (unpaired) electrons. The van der Waals surface area contributed by atoms with Gasteiger partial charge in [-0.2, -0.15) is 5.10 Å². The van der Waals surface area contributed by atoms with Gasteiger partial charge in [0, 0.05) is 23.9 Å². The van der Waals surface area contributed by atoms with Crippen molar-refractivity contribution in [2.75, 3.05) is 0 Å². The minimum Gasteiger partial charge on any atom is -0.293 e. The van der Waals surface area contributed by atoms with Crippen LogP contribution in [0.5, 0.6) is 0 Å². The predicted molar refractivity (Wildman–Crippen MR) is 74.7 cm³/mol. The van der Waals surface area contributed by atoms with Crippen molar-refractivity contribution in [2.45, 2.75) is 26.7 Å². The molecule has 0 amide bonds. The molecular formula is C13H15ClN2OS. The molecule has 2 heterocycles. The van der Waals surface area contributed by atoms with Crippen molar-refractivity contribution in [3.05, 3.63) is 38.3 Å². The number of carbonyl (C=O) groups is 1. The quantitative estimate of drug-likeness (QED) is 0.805. The summed E-state index contributed by atoms with van der Waals surface area (Å²) >= 11 is 7.69. The van der Waals surface area contributed by atoms with Gasteiger partial charge in [-0.15, -0.1) is 11.3 Å². The third kappa shape index (κ3) is 2.49. The number of nitrogens with zero attached hydrogens (tertiary/aromatic N) is 2. The molecule has 0 spiro atoms. The maximum absolute atomic E-state index is 12.2. The molecule has 0 saturated carbocycles. The number of hydrogen-bond acceptors (Lipinski definition) is 3. The standard InChI is InChI=1S/C13H15ClN2OS/c1-4-9-5-6-12(18-9)11(17)7-10-8(2)15-16(3)13(10)14/h5-6H,4,7H2,1-3H3. The van der Waals surface area contributed by atoms with Gasteiger partial charge in [0.05, 0.1) is 10.6 Å². The lowest BCUT2D eigenvalue weighted by molar-refractivity contribution is 0.0996. The maximum Gasteiger partial charge on any atom is 0.177 e. The van der Waals surface area contributed by atoms with Crippen molar-refractivity contribution in [1.82, 2.24) is 9.78 Å². The van der Waals surface area contributed by atoms with E-state index in [1.807, 2.05) is 19.1 Å². The third-order valence-corrected chi connectivity index (χ3v) is 4.64. The molecule has 0 atom stereocenters. The molecule has 0 unspecified atom stereocenters. The lowest BCUT2D eigenvalue weighted by Crippen LogP contribution is -2.02. The molecule has 96 valence electrons. The van der Waals surface area contributed by atoms with E-state index in [1.165, 1.54) is 4.88 Å². The summed E-state index contributed by atoms with van der Waals surface area (Å²) in [5.74, 6) is 0.109. The highest BCUT2D eigenvalue weighted by atomic mass is 35.5. The molecular weight excluding hydrogens is 268 g/mol. The lowest BCUT2D eigenvalue weighted by Gasteiger charge is -1.98. The molecule has 5 heteroatoms. The van der Waals surface area contributed by atoms with E-state index < -0.39 is 0 Å². The Labute approximate surface area is 115 Å². The number of rotatable bonds is 4. The predicted octanol–water partition coefficient (Wildman–Crippen LogP) is 3.43. The molecule has 2 rings (SSSR count). The zero-order valence-electron chi connectivity index (χ0n) is 10.7. The van der Waals surface area contributed by atoms with Gasteiger partial charge in [0.25, 0.3) is 0 Å². The van der Waals surface area contributed by atoms with E-state index in [2.05, 4.69) is 12.0 Å². The van der Waals surface area contributed by atoms with E-state index in [0.717, 1.165) is 22.6 Å². The van der Waals surface area contributed by atoms with E-state index >= 15 is 0 Å². The van der Waals surface area contributed by atoms with Crippen molar-refractivity contribution >= 4 is 28.7 Å². The Balaban J connectivity index is 2.21. The van der Waals surface area contributed by atoms with Crippen molar-refractivity contribution in [3.63, 3.8) is 0 Å². The number of Topliss-reactive ketones (excluding diaryl/α,β-unsaturated/α-hetero) is 1. The molecule has 0 bridgehead atoms. The van der Waals surface area contributed by atoms with Gasteiger partial charge in [-0.3, -0.25) is 9.48 Å². The maximum atomic E-state index is 12.2. The molecule has 3 nitrogen and oxygen atoms in total. The first-order chi connectivity index (χ1) is 8.52. The minimum atomic E-state index is 0.109. The normalized spacial score (nSPS) is 10.9. The highest BCUT2D eigenvalue weighted by molar-refractivity contribution is 7.14. The summed E-state index contributed by atoms with van der Waals surface area (Å²) < 4.78 is 1.60. The summed E-state index contributed by atoms with van der Waals surface area (Å²) in [6.45, 7) is 3.96. The summed E-state index contributed by atoms with van der Waals surface area (Å²) in [6, 6.07) is 3.90. The Hall–Kier alpha value is -1.13. The summed E-state index contributed by atoms with van der Waals surface area (Å²) in [5, 5.41) is 4.76. The SMILES string of the molecule is CCc1ccc(C(=O)Cc2c(C)nn(C)c2Cl)s1. The van der Waals surface area contributed by atoms with Crippen LogP contribution in [0.2, 0.25) is 5.15 Å². The smallest absolute Gasteiger partial charge is 0.177 e. The van der Waals surface area contributed by atoms with E-state index in [0.29, 0.717) is 11.6 Å². The van der Waals surface area contributed by atoms with Crippen molar-refractivity contribution in [2.24, 2.45) is 7.05 Å². The van der Waals surface area contributed by atoms with E-state index in [9.17, 15) is 4.79 Å². The Morgan fingerprint density at radius 1 is 1.50 bits per heavy atom. The van der Waals surface area contributed by atoms with Crippen LogP contribution in [0.4, 0.5) is 0 Å². The molecule has 0 saturated heterocycles. The van der Waals surface area contributed by atoms with Crippen LogP contribution < -0.4 is 0 Å². The second-order valence-corrected chi connectivity index (χ2v) is 5.72. The average Bonchev–Trinajstić information content (AvgIpc) is 2.90. The van der Waals surface area contributed by atoms with Gasteiger partial charge in [-0.05, 0) is 25.5 Å². The summed E-state index contributed by atoms with van der Waals surface area (Å²) in [7, 11) is 1.78. The fourth-order valence-electron chi connectivity index (χ4n) is 1.84. The van der Waals surface area contributed by atoms with Gasteiger partial charge < -0.3 is 0 Å². The van der Waals surface area contributed by atoms with Crippen LogP contribution in [0.1, 0.15) is 32.7 Å². The second kappa shape index (κ2) is 5.24. The fraction of sp³-hybridized carbons (Fsp3) is 0.385. The largest absolute Gasteiger partial charge is 0.293 e. The zero-order chi connectivity index (χ0) is 13.3. The Bertz CT molecular complexity index is 586. The van der Waals surface area contributed by atoms with Crippen molar-refractivity contribution < 1.29 is 4.79 Å². The van der Waals surface area contributed by atoms with Crippen LogP contribution in [-0.4, -0.2) is 15.6 Å². The average molecular weight is 283 g/mol. The first-order valence-electron chi connectivity index (χ1n) is 5.82. The fourth-order valence-corrected chi connectivity index (χ4v) is 2.97. The Kier molecular flexibility index (Phi) is 3.88. The van der Waals surface area contributed by atoms with Crippen LogP contribution in [0.25, 0.3) is 0 Å². The van der Waals surface area contributed by atoms with E-state index in [4.69, 9.17) is 11.6 Å². The van der Waals surface area contributed by atoms with Crippen LogP contribution >= 0.6 is 22.9 Å². The van der Waals surface area contributed by atoms with Gasteiger partial charge in [-0.25, -0.2) is 0 Å². The second-order valence-electron chi connectivity index (χ2n) is 4.20. The van der Waals surface area contributed by atoms with Crippen LogP contribution in [0.3, 0.4) is 0 Å². The summed E-state index contributed by atoms with van der Waals surface area (Å²) in [5.41, 5.74) is 1.65. The number of hydrogen-bond donors (Lipinski definition) is 0. The van der Waals surface area contributed by atoms with Gasteiger partial charge in [0.1, 0.15) is 5.15 Å². The lowest BCUT2D eigenvalue weighted by atomic mass is 10.1. The van der Waals surface area contributed by atoms with Crippen LogP contribution in [-0.2, 0) is 19.9 Å². The van der Waals surface area contributed by atoms with Crippen molar-refractivity contribution in [1.29, 1.82) is 0 Å². The summed E-state index contributed by atoms with van der Waals surface area (Å²) in [4.78, 5) is 14.2. The molecule has 2 aromatic rings. The van der Waals surface area contributed by atoms with E-state index in [1.54, 1.807) is 23.1 Å². The molecule has 0 aliphatic heterocycles. The third-order valence-electron chi connectivity index (χ3n) is 2.89. The zero-order valence-corrected chi connectivity index (χ0v) is 12.2. The number of aromatic nitrogens is 2. The Morgan fingerprint density at radius 2 is 2.22 bits per heavy atom. The first kappa shape index (κ1) is 13.3.